The van der Waals surface area contributed by atoms with Gasteiger partial charge < -0.3 is 5.73 Å². The fourth-order valence-corrected chi connectivity index (χ4v) is 2.86. The van der Waals surface area contributed by atoms with E-state index in [-0.39, 0.29) is 0 Å². The second-order valence-corrected chi connectivity index (χ2v) is 6.60. The van der Waals surface area contributed by atoms with E-state index in [0.717, 1.165) is 0 Å². The quantitative estimate of drug-likeness (QED) is 0.876. The lowest BCUT2D eigenvalue weighted by Gasteiger charge is -2.26. The molecule has 0 aliphatic carbocycles. The van der Waals surface area contributed by atoms with Gasteiger partial charge in [-0.2, -0.15) is 17.9 Å². The van der Waals surface area contributed by atoms with E-state index in [1.165, 1.54) is 12.1 Å². The number of sulfonamides is 1. The van der Waals surface area contributed by atoms with E-state index in [9.17, 15) is 21.6 Å². The first kappa shape index (κ1) is 17.5. The largest absolute Gasteiger partial charge is 0.511 e. The molecule has 0 bridgehead atoms. The zero-order chi connectivity index (χ0) is 17.1. The Morgan fingerprint density at radius 1 is 0.870 bits per heavy atom. The standard InChI is InChI=1S/C15H15F3N2O2S/c16-15(17,18)23(21,22)20-14(12-9-5-2-6-10-12)13(19)11-7-3-1-4-8-11/h1-10,13-14,20H,19H2/t13-,14+/m1/s1. The minimum absolute atomic E-state index is 0.344. The molecule has 3 N–H and O–H groups in total. The van der Waals surface area contributed by atoms with Gasteiger partial charge >= 0.3 is 15.5 Å². The summed E-state index contributed by atoms with van der Waals surface area (Å²) in [5.41, 5.74) is 1.48. The van der Waals surface area contributed by atoms with E-state index >= 15 is 0 Å². The molecule has 0 unspecified atom stereocenters. The molecule has 0 aliphatic rings. The van der Waals surface area contributed by atoms with Gasteiger partial charge in [0.15, 0.2) is 0 Å². The Bertz CT molecular complexity index is 734. The van der Waals surface area contributed by atoms with Gasteiger partial charge in [-0.25, -0.2) is 8.42 Å². The molecule has 0 aliphatic heterocycles. The molecule has 2 aromatic rings. The van der Waals surface area contributed by atoms with E-state index in [0.29, 0.717) is 11.1 Å². The van der Waals surface area contributed by atoms with E-state index in [2.05, 4.69) is 0 Å². The van der Waals surface area contributed by atoms with Crippen molar-refractivity contribution in [2.24, 2.45) is 5.73 Å². The average molecular weight is 344 g/mol. The first-order valence-electron chi connectivity index (χ1n) is 6.66. The lowest BCUT2D eigenvalue weighted by atomic mass is 9.95. The Labute approximate surface area is 132 Å². The highest BCUT2D eigenvalue weighted by Crippen LogP contribution is 2.31. The van der Waals surface area contributed by atoms with Crippen LogP contribution in [0.5, 0.6) is 0 Å². The van der Waals surface area contributed by atoms with Crippen LogP contribution in [-0.2, 0) is 10.0 Å². The van der Waals surface area contributed by atoms with Crippen molar-refractivity contribution in [1.82, 2.24) is 4.72 Å². The number of nitrogens with two attached hydrogens (primary N) is 1. The summed E-state index contributed by atoms with van der Waals surface area (Å²) in [5.74, 6) is 0. The number of rotatable bonds is 5. The first-order valence-corrected chi connectivity index (χ1v) is 8.15. The predicted octanol–water partition coefficient (Wildman–Crippen LogP) is 2.87. The molecule has 0 amide bonds. The first-order chi connectivity index (χ1) is 10.7. The van der Waals surface area contributed by atoms with Crippen molar-refractivity contribution in [1.29, 1.82) is 0 Å². The van der Waals surface area contributed by atoms with Gasteiger partial charge in [-0.15, -0.1) is 0 Å². The van der Waals surface area contributed by atoms with Crippen LogP contribution < -0.4 is 10.5 Å². The minimum Gasteiger partial charge on any atom is -0.322 e. The van der Waals surface area contributed by atoms with Gasteiger partial charge in [-0.05, 0) is 11.1 Å². The molecule has 2 atom stereocenters. The van der Waals surface area contributed by atoms with Gasteiger partial charge in [0.2, 0.25) is 0 Å². The lowest BCUT2D eigenvalue weighted by molar-refractivity contribution is -0.0451. The van der Waals surface area contributed by atoms with Crippen LogP contribution in [0.1, 0.15) is 23.2 Å². The van der Waals surface area contributed by atoms with Gasteiger partial charge in [-0.3, -0.25) is 0 Å². The number of halogens is 3. The van der Waals surface area contributed by atoms with Crippen LogP contribution in [0.25, 0.3) is 0 Å². The highest BCUT2D eigenvalue weighted by molar-refractivity contribution is 7.90. The average Bonchev–Trinajstić information content (AvgIpc) is 2.52. The molecular formula is C15H15F3N2O2S. The maximum Gasteiger partial charge on any atom is 0.511 e. The Morgan fingerprint density at radius 2 is 1.30 bits per heavy atom. The van der Waals surface area contributed by atoms with Crippen molar-refractivity contribution in [3.8, 4) is 0 Å². The summed E-state index contributed by atoms with van der Waals surface area (Å²) in [6.07, 6.45) is 0. The fourth-order valence-electron chi connectivity index (χ4n) is 2.11. The summed E-state index contributed by atoms with van der Waals surface area (Å²) in [6.45, 7) is 0. The van der Waals surface area contributed by atoms with E-state index in [4.69, 9.17) is 5.73 Å². The van der Waals surface area contributed by atoms with Crippen molar-refractivity contribution in [3.05, 3.63) is 71.8 Å². The zero-order valence-electron chi connectivity index (χ0n) is 11.9. The molecule has 2 rings (SSSR count). The second-order valence-electron chi connectivity index (χ2n) is 4.89. The molecule has 0 fully saturated rings. The predicted molar refractivity (Wildman–Crippen MR) is 80.7 cm³/mol. The summed E-state index contributed by atoms with van der Waals surface area (Å²) in [4.78, 5) is 0. The van der Waals surface area contributed by atoms with Crippen molar-refractivity contribution >= 4 is 10.0 Å². The second kappa shape index (κ2) is 6.69. The van der Waals surface area contributed by atoms with Crippen molar-refractivity contribution in [2.45, 2.75) is 17.6 Å². The zero-order valence-corrected chi connectivity index (χ0v) is 12.7. The molecule has 0 spiro atoms. The number of hydrogen-bond donors (Lipinski definition) is 2. The third-order valence-corrected chi connectivity index (χ3v) is 4.46. The van der Waals surface area contributed by atoms with E-state index < -0.39 is 27.6 Å². The van der Waals surface area contributed by atoms with Crippen LogP contribution in [0.2, 0.25) is 0 Å². The summed E-state index contributed by atoms with van der Waals surface area (Å²) in [7, 11) is -5.53. The van der Waals surface area contributed by atoms with Gasteiger partial charge in [0.25, 0.3) is 0 Å². The van der Waals surface area contributed by atoms with Crippen LogP contribution in [0, 0.1) is 0 Å². The smallest absolute Gasteiger partial charge is 0.322 e. The summed E-state index contributed by atoms with van der Waals surface area (Å²) >= 11 is 0. The van der Waals surface area contributed by atoms with Crippen LogP contribution in [-0.4, -0.2) is 13.9 Å². The Balaban J connectivity index is 2.42. The minimum atomic E-state index is -5.53. The summed E-state index contributed by atoms with van der Waals surface area (Å²) in [5, 5.41) is 0. The maximum atomic E-state index is 12.7. The van der Waals surface area contributed by atoms with Crippen LogP contribution >= 0.6 is 0 Å². The molecule has 0 radical (unpaired) electrons. The molecule has 23 heavy (non-hydrogen) atoms. The Morgan fingerprint density at radius 3 is 1.74 bits per heavy atom. The molecule has 0 saturated heterocycles. The van der Waals surface area contributed by atoms with Gasteiger partial charge in [0, 0.05) is 0 Å². The maximum absolute atomic E-state index is 12.7. The van der Waals surface area contributed by atoms with E-state index in [1.807, 2.05) is 0 Å². The number of hydrogen-bond acceptors (Lipinski definition) is 3. The van der Waals surface area contributed by atoms with Crippen molar-refractivity contribution in [3.63, 3.8) is 0 Å². The van der Waals surface area contributed by atoms with Gasteiger partial charge in [0.05, 0.1) is 12.1 Å². The van der Waals surface area contributed by atoms with Crippen LogP contribution in [0.4, 0.5) is 13.2 Å². The molecule has 2 aromatic carbocycles. The Hall–Kier alpha value is -1.90. The van der Waals surface area contributed by atoms with E-state index in [1.54, 1.807) is 53.3 Å². The highest BCUT2D eigenvalue weighted by atomic mass is 32.2. The molecule has 0 saturated carbocycles. The molecule has 0 heterocycles. The SMILES string of the molecule is N[C@H](c1ccccc1)[C@@H](NS(=O)(=O)C(F)(F)F)c1ccccc1. The normalized spacial score (nSPS) is 15.1. The van der Waals surface area contributed by atoms with Gasteiger partial charge in [0.1, 0.15) is 0 Å². The fraction of sp³-hybridized carbons (Fsp3) is 0.200. The Kier molecular flexibility index (Phi) is 5.08. The molecule has 4 nitrogen and oxygen atoms in total. The van der Waals surface area contributed by atoms with Crippen LogP contribution in [0.3, 0.4) is 0 Å². The highest BCUT2D eigenvalue weighted by Gasteiger charge is 2.47. The summed E-state index contributed by atoms with van der Waals surface area (Å²) < 4.78 is 62.7. The number of nitrogens with one attached hydrogen (secondary N) is 1. The lowest BCUT2D eigenvalue weighted by Crippen LogP contribution is -2.42. The molecule has 124 valence electrons. The third-order valence-electron chi connectivity index (χ3n) is 3.29. The molecule has 8 heteroatoms. The monoisotopic (exact) mass is 344 g/mol. The third kappa shape index (κ3) is 4.10. The van der Waals surface area contributed by atoms with Crippen LogP contribution in [0.15, 0.2) is 60.7 Å². The molecule has 0 aromatic heterocycles. The van der Waals surface area contributed by atoms with Crippen molar-refractivity contribution < 1.29 is 21.6 Å². The van der Waals surface area contributed by atoms with Gasteiger partial charge in [-0.1, -0.05) is 60.7 Å². The number of benzene rings is 2. The number of alkyl halides is 3. The molecular weight excluding hydrogens is 329 g/mol. The van der Waals surface area contributed by atoms with Crippen molar-refractivity contribution in [2.75, 3.05) is 0 Å². The topological polar surface area (TPSA) is 72.2 Å². The summed E-state index contributed by atoms with van der Waals surface area (Å²) in [6, 6.07) is 14.0.